The second-order valence-electron chi connectivity index (χ2n) is 7.51. The van der Waals surface area contributed by atoms with Crippen molar-refractivity contribution in [2.24, 2.45) is 0 Å². The Bertz CT molecular complexity index is 1140. The maximum atomic E-state index is 12.8. The molecule has 0 saturated carbocycles. The van der Waals surface area contributed by atoms with E-state index in [0.29, 0.717) is 30.4 Å². The summed E-state index contributed by atoms with van der Waals surface area (Å²) in [5, 5.41) is 2.93. The molecule has 1 aromatic carbocycles. The summed E-state index contributed by atoms with van der Waals surface area (Å²) in [4.78, 5) is 17.7. The molecule has 30 heavy (non-hydrogen) atoms. The number of hydrogen-bond donors (Lipinski definition) is 1. The molecule has 3 aromatic rings. The van der Waals surface area contributed by atoms with Crippen LogP contribution in [0.3, 0.4) is 0 Å². The number of carbonyl (C=O) groups is 1. The quantitative estimate of drug-likeness (QED) is 0.605. The average Bonchev–Trinajstić information content (AvgIpc) is 3.33. The zero-order valence-corrected chi connectivity index (χ0v) is 18.6. The summed E-state index contributed by atoms with van der Waals surface area (Å²) in [5.41, 5.74) is 2.00. The van der Waals surface area contributed by atoms with Gasteiger partial charge >= 0.3 is 0 Å². The van der Waals surface area contributed by atoms with Crippen molar-refractivity contribution in [2.45, 2.75) is 43.4 Å². The van der Waals surface area contributed by atoms with E-state index in [1.807, 2.05) is 31.2 Å². The van der Waals surface area contributed by atoms with Crippen LogP contribution in [0.15, 0.2) is 40.6 Å². The van der Waals surface area contributed by atoms with Gasteiger partial charge in [0, 0.05) is 31.1 Å². The summed E-state index contributed by atoms with van der Waals surface area (Å²) in [6.07, 6.45) is 3.08. The van der Waals surface area contributed by atoms with Crippen molar-refractivity contribution in [3.8, 4) is 0 Å². The van der Waals surface area contributed by atoms with Gasteiger partial charge in [0.05, 0.1) is 17.5 Å². The molecule has 3 heterocycles. The van der Waals surface area contributed by atoms with Crippen LogP contribution in [0.2, 0.25) is 0 Å². The highest BCUT2D eigenvalue weighted by Crippen LogP contribution is 2.27. The van der Waals surface area contributed by atoms with Gasteiger partial charge in [0.2, 0.25) is 5.91 Å². The number of hydrogen-bond acceptors (Lipinski definition) is 5. The lowest BCUT2D eigenvalue weighted by molar-refractivity contribution is -0.120. The maximum Gasteiger partial charge on any atom is 0.252 e. The molecule has 0 bridgehead atoms. The Morgan fingerprint density at radius 1 is 1.13 bits per heavy atom. The number of benzene rings is 1. The summed E-state index contributed by atoms with van der Waals surface area (Å²) in [6.45, 7) is 4.25. The van der Waals surface area contributed by atoms with E-state index in [4.69, 9.17) is 0 Å². The van der Waals surface area contributed by atoms with Gasteiger partial charge in [0.25, 0.3) is 10.0 Å². The summed E-state index contributed by atoms with van der Waals surface area (Å²) in [7, 11) is -3.44. The second-order valence-corrected chi connectivity index (χ2v) is 10.8. The topological polar surface area (TPSA) is 84.3 Å². The Hall–Kier alpha value is -2.23. The van der Waals surface area contributed by atoms with Crippen LogP contribution in [0.5, 0.6) is 0 Å². The molecule has 1 aliphatic heterocycles. The number of aryl methyl sites for hydroxylation is 1. The Labute approximate surface area is 180 Å². The molecule has 9 heteroatoms. The van der Waals surface area contributed by atoms with Crippen LogP contribution < -0.4 is 5.32 Å². The lowest BCUT2D eigenvalue weighted by Crippen LogP contribution is -2.35. The summed E-state index contributed by atoms with van der Waals surface area (Å²) < 4.78 is 29.5. The molecule has 1 N–H and O–H groups in total. The van der Waals surface area contributed by atoms with E-state index < -0.39 is 10.0 Å². The van der Waals surface area contributed by atoms with E-state index in [2.05, 4.69) is 14.9 Å². The molecule has 1 fully saturated rings. The Balaban J connectivity index is 1.33. The van der Waals surface area contributed by atoms with E-state index in [9.17, 15) is 13.2 Å². The van der Waals surface area contributed by atoms with Crippen LogP contribution in [0.1, 0.15) is 30.0 Å². The first-order valence-corrected chi connectivity index (χ1v) is 12.5. The molecule has 160 valence electrons. The number of fused-ring (bicyclic) bond motifs is 1. The first-order chi connectivity index (χ1) is 14.4. The van der Waals surface area contributed by atoms with Gasteiger partial charge in [0.15, 0.2) is 0 Å². The van der Waals surface area contributed by atoms with E-state index in [-0.39, 0.29) is 12.3 Å². The number of para-hydroxylation sites is 2. The lowest BCUT2D eigenvalue weighted by atomic mass is 10.2. The van der Waals surface area contributed by atoms with Crippen molar-refractivity contribution in [3.63, 3.8) is 0 Å². The van der Waals surface area contributed by atoms with Crippen LogP contribution >= 0.6 is 11.3 Å². The highest BCUT2D eigenvalue weighted by atomic mass is 32.2. The van der Waals surface area contributed by atoms with E-state index >= 15 is 0 Å². The number of aromatic nitrogens is 2. The molecular weight excluding hydrogens is 420 g/mol. The fraction of sp³-hybridized carbons (Fsp3) is 0.429. The standard InChI is InChI=1S/C21H26N4O3S2/c1-16-23-18-7-3-4-8-19(18)25(16)14-11-22-20(26)15-17-9-10-21(29-17)30(27,28)24-12-5-2-6-13-24/h3-4,7-10H,2,5-6,11-15H2,1H3,(H,22,26). The fourth-order valence-corrected chi connectivity index (χ4v) is 6.86. The van der Waals surface area contributed by atoms with Gasteiger partial charge in [-0.2, -0.15) is 4.31 Å². The molecule has 0 aliphatic carbocycles. The summed E-state index contributed by atoms with van der Waals surface area (Å²) >= 11 is 1.19. The first kappa shape index (κ1) is 21.0. The monoisotopic (exact) mass is 446 g/mol. The van der Waals surface area contributed by atoms with Gasteiger partial charge in [-0.3, -0.25) is 4.79 Å². The smallest absolute Gasteiger partial charge is 0.252 e. The number of imidazole rings is 1. The molecular formula is C21H26N4O3S2. The molecule has 1 amide bonds. The average molecular weight is 447 g/mol. The first-order valence-electron chi connectivity index (χ1n) is 10.2. The van der Waals surface area contributed by atoms with Crippen molar-refractivity contribution in [2.75, 3.05) is 19.6 Å². The third kappa shape index (κ3) is 4.43. The predicted octanol–water partition coefficient (Wildman–Crippen LogP) is 2.94. The van der Waals surface area contributed by atoms with E-state index in [1.54, 1.807) is 16.4 Å². The number of carbonyl (C=O) groups excluding carboxylic acids is 1. The zero-order valence-electron chi connectivity index (χ0n) is 17.0. The molecule has 4 rings (SSSR count). The number of nitrogens with zero attached hydrogens (tertiary/aromatic N) is 3. The SMILES string of the molecule is Cc1nc2ccccc2n1CCNC(=O)Cc1ccc(S(=O)(=O)N2CCCCC2)s1. The van der Waals surface area contributed by atoms with Gasteiger partial charge in [-0.05, 0) is 44.0 Å². The highest BCUT2D eigenvalue weighted by molar-refractivity contribution is 7.91. The number of rotatable bonds is 7. The van der Waals surface area contributed by atoms with Crippen molar-refractivity contribution in [3.05, 3.63) is 47.1 Å². The van der Waals surface area contributed by atoms with Crippen molar-refractivity contribution in [1.29, 1.82) is 0 Å². The maximum absolute atomic E-state index is 12.8. The minimum atomic E-state index is -3.44. The third-order valence-corrected chi connectivity index (χ3v) is 8.84. The number of piperidine rings is 1. The number of sulfonamides is 1. The van der Waals surface area contributed by atoms with Gasteiger partial charge < -0.3 is 9.88 Å². The third-order valence-electron chi connectivity index (χ3n) is 5.38. The largest absolute Gasteiger partial charge is 0.354 e. The minimum absolute atomic E-state index is 0.110. The molecule has 0 radical (unpaired) electrons. The number of thiophene rings is 1. The van der Waals surface area contributed by atoms with Crippen LogP contribution in [0.4, 0.5) is 0 Å². The van der Waals surface area contributed by atoms with Crippen molar-refractivity contribution < 1.29 is 13.2 Å². The van der Waals surface area contributed by atoms with E-state index in [1.165, 1.54) is 11.3 Å². The minimum Gasteiger partial charge on any atom is -0.354 e. The summed E-state index contributed by atoms with van der Waals surface area (Å²) in [5.74, 6) is 0.803. The van der Waals surface area contributed by atoms with Gasteiger partial charge in [-0.1, -0.05) is 18.6 Å². The molecule has 7 nitrogen and oxygen atoms in total. The van der Waals surface area contributed by atoms with Crippen LogP contribution in [0.25, 0.3) is 11.0 Å². The Morgan fingerprint density at radius 2 is 1.90 bits per heavy atom. The summed E-state index contributed by atoms with van der Waals surface area (Å²) in [6, 6.07) is 11.3. The molecule has 0 atom stereocenters. The Kier molecular flexibility index (Phi) is 6.21. The Morgan fingerprint density at radius 3 is 2.70 bits per heavy atom. The van der Waals surface area contributed by atoms with E-state index in [0.717, 1.165) is 41.0 Å². The molecule has 0 unspecified atom stereocenters. The second kappa shape index (κ2) is 8.87. The molecule has 1 saturated heterocycles. The van der Waals surface area contributed by atoms with Crippen molar-refractivity contribution >= 4 is 38.3 Å². The van der Waals surface area contributed by atoms with Gasteiger partial charge in [-0.15, -0.1) is 11.3 Å². The molecule has 1 aliphatic rings. The van der Waals surface area contributed by atoms with Crippen LogP contribution in [-0.2, 0) is 27.8 Å². The molecule has 0 spiro atoms. The lowest BCUT2D eigenvalue weighted by Gasteiger charge is -2.25. The molecule has 2 aromatic heterocycles. The van der Waals surface area contributed by atoms with Crippen molar-refractivity contribution in [1.82, 2.24) is 19.2 Å². The predicted molar refractivity (Wildman–Crippen MR) is 118 cm³/mol. The zero-order chi connectivity index (χ0) is 21.1. The van der Waals surface area contributed by atoms with Gasteiger partial charge in [0.1, 0.15) is 10.0 Å². The highest BCUT2D eigenvalue weighted by Gasteiger charge is 2.27. The normalized spacial score (nSPS) is 15.5. The number of amides is 1. The van der Waals surface area contributed by atoms with Gasteiger partial charge in [-0.25, -0.2) is 13.4 Å². The van der Waals surface area contributed by atoms with Crippen LogP contribution in [0, 0.1) is 6.92 Å². The number of nitrogens with one attached hydrogen (secondary N) is 1. The van der Waals surface area contributed by atoms with Crippen LogP contribution in [-0.4, -0.2) is 47.8 Å². The fourth-order valence-electron chi connectivity index (χ4n) is 3.83.